The first-order valence-electron chi connectivity index (χ1n) is 11.0. The first-order chi connectivity index (χ1) is 14.5. The molecule has 0 saturated heterocycles. The number of amides is 1. The van der Waals surface area contributed by atoms with Crippen LogP contribution < -0.4 is 5.32 Å². The number of carbonyl (C=O) groups is 1. The number of hydrogen-bond acceptors (Lipinski definition) is 3. The standard InChI is InChI=1S/C24H33F2N3O2/c1-13(2)16-9-7-14(3)20-21(23(31)27-19(12-30)24(4,5)6)28-29(22(16)20)18-10-8-15(25)11-17(18)26/h8,10-11,13-14,16,19,30H,7,9,12H2,1-6H3,(H,27,31)/t14-,16?,19-/m1/s1. The van der Waals surface area contributed by atoms with E-state index >= 15 is 0 Å². The first-order valence-corrected chi connectivity index (χ1v) is 11.0. The van der Waals surface area contributed by atoms with Gasteiger partial charge in [0.05, 0.1) is 18.3 Å². The average Bonchev–Trinajstić information content (AvgIpc) is 3.06. The highest BCUT2D eigenvalue weighted by atomic mass is 19.1. The fraction of sp³-hybridized carbons (Fsp3) is 0.583. The molecule has 0 aliphatic heterocycles. The summed E-state index contributed by atoms with van der Waals surface area (Å²) in [5, 5.41) is 17.3. The summed E-state index contributed by atoms with van der Waals surface area (Å²) in [4.78, 5) is 13.3. The van der Waals surface area contributed by atoms with Gasteiger partial charge in [0, 0.05) is 17.5 Å². The maximum Gasteiger partial charge on any atom is 0.272 e. The SMILES string of the molecule is CC(C)C1CC[C@@H](C)c2c(C(=O)N[C@H](CO)C(C)(C)C)nn(-c3ccc(F)cc3F)c21. The highest BCUT2D eigenvalue weighted by molar-refractivity contribution is 5.94. The highest BCUT2D eigenvalue weighted by Gasteiger charge is 2.37. The van der Waals surface area contributed by atoms with Gasteiger partial charge in [-0.25, -0.2) is 13.5 Å². The number of aliphatic hydroxyl groups excluding tert-OH is 1. The zero-order valence-corrected chi connectivity index (χ0v) is 19.2. The Morgan fingerprint density at radius 3 is 2.52 bits per heavy atom. The molecule has 0 fully saturated rings. The Hall–Kier alpha value is -2.28. The molecule has 2 aromatic rings. The lowest BCUT2D eigenvalue weighted by Crippen LogP contribution is -2.46. The smallest absolute Gasteiger partial charge is 0.272 e. The number of fused-ring (bicyclic) bond motifs is 1. The van der Waals surface area contributed by atoms with E-state index in [1.54, 1.807) is 0 Å². The molecule has 1 aromatic heterocycles. The number of hydrogen-bond donors (Lipinski definition) is 2. The summed E-state index contributed by atoms with van der Waals surface area (Å²) in [7, 11) is 0. The maximum atomic E-state index is 14.7. The van der Waals surface area contributed by atoms with Crippen LogP contribution in [0.5, 0.6) is 0 Å². The number of benzene rings is 1. The zero-order valence-electron chi connectivity index (χ0n) is 19.2. The number of rotatable bonds is 5. The molecule has 0 radical (unpaired) electrons. The van der Waals surface area contributed by atoms with Gasteiger partial charge in [0.15, 0.2) is 11.5 Å². The predicted molar refractivity (Wildman–Crippen MR) is 117 cm³/mol. The minimum absolute atomic E-state index is 0.0743. The van der Waals surface area contributed by atoms with Crippen molar-refractivity contribution in [1.29, 1.82) is 0 Å². The van der Waals surface area contributed by atoms with Crippen LogP contribution in [0.4, 0.5) is 8.78 Å². The summed E-state index contributed by atoms with van der Waals surface area (Å²) in [6.07, 6.45) is 1.80. The lowest BCUT2D eigenvalue weighted by Gasteiger charge is -2.32. The first kappa shape index (κ1) is 23.4. The number of aliphatic hydroxyl groups is 1. The van der Waals surface area contributed by atoms with Crippen LogP contribution in [-0.2, 0) is 0 Å². The van der Waals surface area contributed by atoms with Gasteiger partial charge in [-0.15, -0.1) is 0 Å². The van der Waals surface area contributed by atoms with Crippen LogP contribution >= 0.6 is 0 Å². The zero-order chi connectivity index (χ0) is 23.1. The highest BCUT2D eigenvalue weighted by Crippen LogP contribution is 2.44. The number of halogens is 2. The van der Waals surface area contributed by atoms with Gasteiger partial charge in [0.2, 0.25) is 0 Å². The molecule has 1 heterocycles. The van der Waals surface area contributed by atoms with Crippen molar-refractivity contribution in [2.45, 2.75) is 72.3 Å². The molecule has 3 rings (SSSR count). The van der Waals surface area contributed by atoms with Crippen molar-refractivity contribution in [3.63, 3.8) is 0 Å². The quantitative estimate of drug-likeness (QED) is 0.703. The Balaban J connectivity index is 2.18. The van der Waals surface area contributed by atoms with Crippen molar-refractivity contribution < 1.29 is 18.7 Å². The molecule has 31 heavy (non-hydrogen) atoms. The molecule has 7 heteroatoms. The Morgan fingerprint density at radius 2 is 1.97 bits per heavy atom. The Kier molecular flexibility index (Phi) is 6.56. The Morgan fingerprint density at radius 1 is 1.29 bits per heavy atom. The van der Waals surface area contributed by atoms with Crippen molar-refractivity contribution in [3.8, 4) is 5.69 Å². The number of nitrogens with zero attached hydrogens (tertiary/aromatic N) is 2. The van der Waals surface area contributed by atoms with Crippen molar-refractivity contribution in [2.24, 2.45) is 11.3 Å². The van der Waals surface area contributed by atoms with Gasteiger partial charge in [-0.1, -0.05) is 41.5 Å². The molecule has 1 amide bonds. The van der Waals surface area contributed by atoms with Gasteiger partial charge < -0.3 is 10.4 Å². The minimum atomic E-state index is -0.721. The molecule has 0 spiro atoms. The van der Waals surface area contributed by atoms with Crippen LogP contribution in [0.25, 0.3) is 5.69 Å². The third-order valence-electron chi connectivity index (χ3n) is 6.40. The van der Waals surface area contributed by atoms with Gasteiger partial charge in [-0.05, 0) is 42.2 Å². The average molecular weight is 434 g/mol. The van der Waals surface area contributed by atoms with E-state index in [1.807, 2.05) is 27.7 Å². The monoisotopic (exact) mass is 433 g/mol. The number of nitrogens with one attached hydrogen (secondary N) is 1. The van der Waals surface area contributed by atoms with E-state index in [-0.39, 0.29) is 47.1 Å². The van der Waals surface area contributed by atoms with Gasteiger partial charge >= 0.3 is 0 Å². The van der Waals surface area contributed by atoms with Crippen LogP contribution in [0.3, 0.4) is 0 Å². The molecule has 5 nitrogen and oxygen atoms in total. The normalized spacial score (nSPS) is 19.9. The summed E-state index contributed by atoms with van der Waals surface area (Å²) >= 11 is 0. The minimum Gasteiger partial charge on any atom is -0.394 e. The molecule has 3 atom stereocenters. The summed E-state index contributed by atoms with van der Waals surface area (Å²) in [6.45, 7) is 11.9. The Labute approximate surface area is 182 Å². The summed E-state index contributed by atoms with van der Waals surface area (Å²) in [5.41, 5.74) is 1.67. The summed E-state index contributed by atoms with van der Waals surface area (Å²) < 4.78 is 29.8. The van der Waals surface area contributed by atoms with Crippen molar-refractivity contribution in [2.75, 3.05) is 6.61 Å². The molecular weight excluding hydrogens is 400 g/mol. The summed E-state index contributed by atoms with van der Waals surface area (Å²) in [6, 6.07) is 2.94. The second kappa shape index (κ2) is 8.69. The van der Waals surface area contributed by atoms with Crippen LogP contribution in [0.2, 0.25) is 0 Å². The molecule has 170 valence electrons. The van der Waals surface area contributed by atoms with E-state index in [2.05, 4.69) is 24.3 Å². The number of carbonyl (C=O) groups excluding carboxylic acids is 1. The molecule has 0 bridgehead atoms. The van der Waals surface area contributed by atoms with Crippen LogP contribution in [0, 0.1) is 23.0 Å². The summed E-state index contributed by atoms with van der Waals surface area (Å²) in [5.74, 6) is -1.33. The van der Waals surface area contributed by atoms with E-state index in [9.17, 15) is 18.7 Å². The van der Waals surface area contributed by atoms with Gasteiger partial charge in [0.1, 0.15) is 11.5 Å². The molecule has 1 aliphatic carbocycles. The van der Waals surface area contributed by atoms with E-state index < -0.39 is 17.7 Å². The van der Waals surface area contributed by atoms with Crippen molar-refractivity contribution in [3.05, 3.63) is 46.8 Å². The third-order valence-corrected chi connectivity index (χ3v) is 6.40. The maximum absolute atomic E-state index is 14.7. The van der Waals surface area contributed by atoms with Crippen molar-refractivity contribution in [1.82, 2.24) is 15.1 Å². The fourth-order valence-electron chi connectivity index (χ4n) is 4.41. The van der Waals surface area contributed by atoms with E-state index in [1.165, 1.54) is 16.8 Å². The van der Waals surface area contributed by atoms with Crippen LogP contribution in [-0.4, -0.2) is 33.4 Å². The molecule has 1 aromatic carbocycles. The molecule has 0 saturated carbocycles. The topological polar surface area (TPSA) is 67.2 Å². The lowest BCUT2D eigenvalue weighted by atomic mass is 9.75. The second-order valence-corrected chi connectivity index (χ2v) is 10.1. The molecule has 1 unspecified atom stereocenters. The van der Waals surface area contributed by atoms with Crippen LogP contribution in [0.15, 0.2) is 18.2 Å². The van der Waals surface area contributed by atoms with Gasteiger partial charge in [0.25, 0.3) is 5.91 Å². The molecule has 2 N–H and O–H groups in total. The number of aromatic nitrogens is 2. The van der Waals surface area contributed by atoms with Gasteiger partial charge in [-0.3, -0.25) is 4.79 Å². The fourth-order valence-corrected chi connectivity index (χ4v) is 4.41. The third kappa shape index (κ3) is 4.52. The Bertz CT molecular complexity index is 962. The van der Waals surface area contributed by atoms with E-state index in [0.29, 0.717) is 0 Å². The molecule has 1 aliphatic rings. The second-order valence-electron chi connectivity index (χ2n) is 10.1. The molecular formula is C24H33F2N3O2. The van der Waals surface area contributed by atoms with E-state index in [0.717, 1.165) is 30.2 Å². The van der Waals surface area contributed by atoms with Crippen LogP contribution in [0.1, 0.15) is 88.0 Å². The largest absolute Gasteiger partial charge is 0.394 e. The van der Waals surface area contributed by atoms with Crippen molar-refractivity contribution >= 4 is 5.91 Å². The van der Waals surface area contributed by atoms with Gasteiger partial charge in [-0.2, -0.15) is 5.10 Å². The van der Waals surface area contributed by atoms with E-state index in [4.69, 9.17) is 0 Å². The predicted octanol–water partition coefficient (Wildman–Crippen LogP) is 4.92. The lowest BCUT2D eigenvalue weighted by molar-refractivity contribution is 0.0841.